The van der Waals surface area contributed by atoms with Crippen LogP contribution in [0, 0.1) is 0 Å². The molecule has 6 nitrogen and oxygen atoms in total. The summed E-state index contributed by atoms with van der Waals surface area (Å²) >= 11 is 0. The van der Waals surface area contributed by atoms with Crippen molar-refractivity contribution in [2.45, 2.75) is 13.3 Å². The number of nitrogens with zero attached hydrogens (tertiary/aromatic N) is 3. The number of aromatic amines is 1. The van der Waals surface area contributed by atoms with Crippen LogP contribution in [0.3, 0.4) is 0 Å². The van der Waals surface area contributed by atoms with Crippen LogP contribution in [0.4, 0.5) is 0 Å². The molecule has 0 bridgehead atoms. The second-order valence-corrected chi connectivity index (χ2v) is 4.25. The van der Waals surface area contributed by atoms with Crippen molar-refractivity contribution in [1.82, 2.24) is 20.2 Å². The van der Waals surface area contributed by atoms with Gasteiger partial charge in [0.25, 0.3) is 0 Å². The molecule has 0 saturated carbocycles. The fraction of sp³-hybridized carbons (Fsp3) is 0.214. The summed E-state index contributed by atoms with van der Waals surface area (Å²) in [6.07, 6.45) is 4.30. The van der Waals surface area contributed by atoms with Gasteiger partial charge in [0.15, 0.2) is 0 Å². The van der Waals surface area contributed by atoms with Gasteiger partial charge in [0.1, 0.15) is 5.75 Å². The lowest BCUT2D eigenvalue weighted by molar-refractivity contribution is 0.298. The molecule has 1 N–H and O–H groups in total. The van der Waals surface area contributed by atoms with Crippen molar-refractivity contribution in [2.75, 3.05) is 6.61 Å². The molecule has 0 spiro atoms. The molecule has 0 atom stereocenters. The number of rotatable bonds is 5. The van der Waals surface area contributed by atoms with Crippen LogP contribution < -0.4 is 9.47 Å². The summed E-state index contributed by atoms with van der Waals surface area (Å²) < 4.78 is 11.1. The fourth-order valence-corrected chi connectivity index (χ4v) is 1.75. The van der Waals surface area contributed by atoms with Gasteiger partial charge >= 0.3 is 6.01 Å². The molecule has 3 rings (SSSR count). The van der Waals surface area contributed by atoms with Gasteiger partial charge in [0.2, 0.25) is 5.88 Å². The van der Waals surface area contributed by atoms with E-state index in [4.69, 9.17) is 9.47 Å². The highest BCUT2D eigenvalue weighted by Crippen LogP contribution is 2.23. The van der Waals surface area contributed by atoms with Crippen molar-refractivity contribution >= 4 is 10.9 Å². The Morgan fingerprint density at radius 1 is 1.25 bits per heavy atom. The number of ether oxygens (including phenoxy) is 2. The third kappa shape index (κ3) is 2.69. The average Bonchev–Trinajstić information content (AvgIpc) is 2.93. The molecule has 0 aliphatic rings. The van der Waals surface area contributed by atoms with Gasteiger partial charge in [-0.05, 0) is 18.6 Å². The third-order valence-corrected chi connectivity index (χ3v) is 2.68. The molecular formula is C14H14N4O2. The molecule has 1 aromatic carbocycles. The molecule has 0 aliphatic carbocycles. The van der Waals surface area contributed by atoms with Crippen LogP contribution >= 0.6 is 0 Å². The fourth-order valence-electron chi connectivity index (χ4n) is 1.75. The minimum atomic E-state index is 0.262. The third-order valence-electron chi connectivity index (χ3n) is 2.68. The summed E-state index contributed by atoms with van der Waals surface area (Å²) in [6, 6.07) is 7.59. The molecule has 0 radical (unpaired) electrons. The minimum Gasteiger partial charge on any atom is -0.478 e. The zero-order valence-corrected chi connectivity index (χ0v) is 11.0. The first-order valence-electron chi connectivity index (χ1n) is 6.42. The summed E-state index contributed by atoms with van der Waals surface area (Å²) in [5.74, 6) is 1.16. The van der Waals surface area contributed by atoms with E-state index in [2.05, 4.69) is 20.2 Å². The number of hydrogen-bond acceptors (Lipinski definition) is 5. The maximum absolute atomic E-state index is 5.63. The van der Waals surface area contributed by atoms with E-state index < -0.39 is 0 Å². The molecule has 3 aromatic rings. The molecule has 102 valence electrons. The van der Waals surface area contributed by atoms with E-state index in [1.807, 2.05) is 25.1 Å². The summed E-state index contributed by atoms with van der Waals surface area (Å²) in [7, 11) is 0. The van der Waals surface area contributed by atoms with Crippen molar-refractivity contribution in [3.8, 4) is 17.6 Å². The summed E-state index contributed by atoms with van der Waals surface area (Å²) in [5, 5.41) is 7.88. The second kappa shape index (κ2) is 5.56. The Bertz CT molecular complexity index is 711. The Kier molecular flexibility index (Phi) is 3.45. The predicted molar refractivity (Wildman–Crippen MR) is 74.0 cm³/mol. The van der Waals surface area contributed by atoms with E-state index in [9.17, 15) is 0 Å². The SMILES string of the molecule is CCCOc1ccnc(Oc2ccc3cn[nH]c3c2)n1. The van der Waals surface area contributed by atoms with Crippen LogP contribution in [-0.4, -0.2) is 26.8 Å². The van der Waals surface area contributed by atoms with Gasteiger partial charge in [-0.15, -0.1) is 0 Å². The van der Waals surface area contributed by atoms with Crippen molar-refractivity contribution in [2.24, 2.45) is 0 Å². The lowest BCUT2D eigenvalue weighted by atomic mass is 10.2. The number of hydrogen-bond donors (Lipinski definition) is 1. The van der Waals surface area contributed by atoms with E-state index in [1.165, 1.54) is 0 Å². The van der Waals surface area contributed by atoms with Gasteiger partial charge in [-0.25, -0.2) is 4.98 Å². The monoisotopic (exact) mass is 270 g/mol. The Morgan fingerprint density at radius 3 is 3.10 bits per heavy atom. The van der Waals surface area contributed by atoms with Crippen LogP contribution in [0.25, 0.3) is 10.9 Å². The summed E-state index contributed by atoms with van der Waals surface area (Å²) in [4.78, 5) is 8.26. The van der Waals surface area contributed by atoms with E-state index >= 15 is 0 Å². The number of fused-ring (bicyclic) bond motifs is 1. The first-order valence-corrected chi connectivity index (χ1v) is 6.42. The first kappa shape index (κ1) is 12.4. The predicted octanol–water partition coefficient (Wildman–Crippen LogP) is 2.93. The van der Waals surface area contributed by atoms with Gasteiger partial charge < -0.3 is 9.47 Å². The largest absolute Gasteiger partial charge is 0.478 e. The average molecular weight is 270 g/mol. The molecule has 0 amide bonds. The Hall–Kier alpha value is -2.63. The molecule has 0 aliphatic heterocycles. The highest BCUT2D eigenvalue weighted by Gasteiger charge is 2.04. The molecule has 2 heterocycles. The van der Waals surface area contributed by atoms with Gasteiger partial charge in [0, 0.05) is 23.7 Å². The molecular weight excluding hydrogens is 256 g/mol. The standard InChI is InChI=1S/C14H14N4O2/c1-2-7-19-13-5-6-15-14(17-13)20-11-4-3-10-9-16-18-12(10)8-11/h3-6,8-9H,2,7H2,1H3,(H,16,18). The maximum Gasteiger partial charge on any atom is 0.325 e. The van der Waals surface area contributed by atoms with Crippen molar-refractivity contribution in [3.63, 3.8) is 0 Å². The summed E-state index contributed by atoms with van der Waals surface area (Å²) in [6.45, 7) is 2.66. The van der Waals surface area contributed by atoms with Gasteiger partial charge in [-0.1, -0.05) is 6.92 Å². The number of benzene rings is 1. The van der Waals surface area contributed by atoms with E-state index in [0.717, 1.165) is 17.3 Å². The van der Waals surface area contributed by atoms with E-state index in [1.54, 1.807) is 18.5 Å². The van der Waals surface area contributed by atoms with E-state index in [-0.39, 0.29) is 6.01 Å². The number of nitrogens with one attached hydrogen (secondary N) is 1. The van der Waals surface area contributed by atoms with Crippen molar-refractivity contribution in [1.29, 1.82) is 0 Å². The van der Waals surface area contributed by atoms with Crippen molar-refractivity contribution in [3.05, 3.63) is 36.7 Å². The zero-order chi connectivity index (χ0) is 13.8. The van der Waals surface area contributed by atoms with Crippen LogP contribution in [0.1, 0.15) is 13.3 Å². The number of aromatic nitrogens is 4. The lowest BCUT2D eigenvalue weighted by Gasteiger charge is -2.06. The van der Waals surface area contributed by atoms with Crippen molar-refractivity contribution < 1.29 is 9.47 Å². The Balaban J connectivity index is 1.79. The molecule has 0 saturated heterocycles. The highest BCUT2D eigenvalue weighted by atomic mass is 16.5. The zero-order valence-electron chi connectivity index (χ0n) is 11.0. The quantitative estimate of drug-likeness (QED) is 0.771. The number of H-pyrrole nitrogens is 1. The minimum absolute atomic E-state index is 0.262. The van der Waals surface area contributed by atoms with Gasteiger partial charge in [-0.3, -0.25) is 5.10 Å². The second-order valence-electron chi connectivity index (χ2n) is 4.25. The highest BCUT2D eigenvalue weighted by molar-refractivity contribution is 5.79. The van der Waals surface area contributed by atoms with Crippen LogP contribution in [0.15, 0.2) is 36.7 Å². The Morgan fingerprint density at radius 2 is 2.20 bits per heavy atom. The Labute approximate surface area is 115 Å². The van der Waals surface area contributed by atoms with Crippen LogP contribution in [-0.2, 0) is 0 Å². The molecule has 0 fully saturated rings. The molecule has 0 unspecified atom stereocenters. The molecule has 6 heteroatoms. The van der Waals surface area contributed by atoms with Crippen LogP contribution in [0.2, 0.25) is 0 Å². The maximum atomic E-state index is 5.63. The van der Waals surface area contributed by atoms with Crippen LogP contribution in [0.5, 0.6) is 17.6 Å². The van der Waals surface area contributed by atoms with E-state index in [0.29, 0.717) is 18.2 Å². The topological polar surface area (TPSA) is 72.9 Å². The summed E-state index contributed by atoms with van der Waals surface area (Å²) in [5.41, 5.74) is 0.904. The van der Waals surface area contributed by atoms with Gasteiger partial charge in [0.05, 0.1) is 18.3 Å². The smallest absolute Gasteiger partial charge is 0.325 e. The lowest BCUT2D eigenvalue weighted by Crippen LogP contribution is -1.99. The van der Waals surface area contributed by atoms with Gasteiger partial charge in [-0.2, -0.15) is 10.1 Å². The normalized spacial score (nSPS) is 10.7. The molecule has 2 aromatic heterocycles. The molecule has 20 heavy (non-hydrogen) atoms. The first-order chi connectivity index (χ1) is 9.85.